The Balaban J connectivity index is 1.26. The predicted molar refractivity (Wildman–Crippen MR) is 110 cm³/mol. The highest BCUT2D eigenvalue weighted by Crippen LogP contribution is 2.22. The van der Waals surface area contributed by atoms with Crippen LogP contribution in [0.3, 0.4) is 0 Å². The Morgan fingerprint density at radius 3 is 2.73 bits per heavy atom. The number of amides is 1. The molecule has 0 spiro atoms. The molecule has 1 fully saturated rings. The van der Waals surface area contributed by atoms with Crippen molar-refractivity contribution < 1.29 is 4.79 Å². The number of likely N-dealkylation sites (tertiary alicyclic amines) is 1. The van der Waals surface area contributed by atoms with Crippen molar-refractivity contribution in [2.45, 2.75) is 19.4 Å². The first-order valence-electron chi connectivity index (χ1n) is 9.99. The van der Waals surface area contributed by atoms with Crippen molar-refractivity contribution in [2.75, 3.05) is 13.1 Å². The Labute approximate surface area is 171 Å². The van der Waals surface area contributed by atoms with Crippen molar-refractivity contribution in [3.63, 3.8) is 0 Å². The quantitative estimate of drug-likeness (QED) is 0.560. The Morgan fingerprint density at radius 1 is 1.10 bits per heavy atom. The normalized spacial score (nSPS) is 15.0. The van der Waals surface area contributed by atoms with Gasteiger partial charge in [0.2, 0.25) is 0 Å². The van der Waals surface area contributed by atoms with Crippen molar-refractivity contribution in [1.29, 1.82) is 0 Å². The minimum absolute atomic E-state index is 0.0538. The summed E-state index contributed by atoms with van der Waals surface area (Å²) in [5.41, 5.74) is 1.19. The summed E-state index contributed by atoms with van der Waals surface area (Å²) in [6.45, 7) is 1.80. The topological polar surface area (TPSA) is 102 Å². The van der Waals surface area contributed by atoms with Gasteiger partial charge in [-0.05, 0) is 37.0 Å². The van der Waals surface area contributed by atoms with Gasteiger partial charge in [-0.2, -0.15) is 10.2 Å². The summed E-state index contributed by atoms with van der Waals surface area (Å²) in [7, 11) is 0. The highest BCUT2D eigenvalue weighted by Gasteiger charge is 2.26. The van der Waals surface area contributed by atoms with E-state index in [1.807, 2.05) is 35.2 Å². The van der Waals surface area contributed by atoms with Gasteiger partial charge in [-0.15, -0.1) is 5.10 Å². The lowest BCUT2D eigenvalue weighted by Gasteiger charge is -2.31. The molecule has 9 heteroatoms. The number of para-hydroxylation sites is 1. The third-order valence-electron chi connectivity index (χ3n) is 5.60. The molecule has 1 amide bonds. The van der Waals surface area contributed by atoms with E-state index in [-0.39, 0.29) is 17.4 Å². The number of hydrogen-bond acceptors (Lipinski definition) is 5. The number of H-pyrrole nitrogens is 1. The third kappa shape index (κ3) is 3.38. The number of carbonyl (C=O) groups is 1. The van der Waals surface area contributed by atoms with Gasteiger partial charge in [-0.1, -0.05) is 18.2 Å². The molecule has 1 aromatic carbocycles. The average molecular weight is 403 g/mol. The minimum Gasteiger partial charge on any atom is -0.337 e. The lowest BCUT2D eigenvalue weighted by molar-refractivity contribution is 0.0676. The van der Waals surface area contributed by atoms with E-state index in [2.05, 4.69) is 20.4 Å². The molecule has 1 saturated heterocycles. The molecule has 30 heavy (non-hydrogen) atoms. The smallest absolute Gasteiger partial charge is 0.274 e. The van der Waals surface area contributed by atoms with Gasteiger partial charge in [0.1, 0.15) is 0 Å². The van der Waals surface area contributed by atoms with Gasteiger partial charge in [0.25, 0.3) is 11.5 Å². The third-order valence-corrected chi connectivity index (χ3v) is 5.60. The minimum atomic E-state index is -0.132. The maximum atomic E-state index is 12.9. The van der Waals surface area contributed by atoms with Gasteiger partial charge in [0.05, 0.1) is 5.52 Å². The summed E-state index contributed by atoms with van der Waals surface area (Å²) in [5.74, 6) is 0.836. The molecule has 0 saturated carbocycles. The summed E-state index contributed by atoms with van der Waals surface area (Å²) < 4.78 is 3.13. The van der Waals surface area contributed by atoms with Crippen LogP contribution in [0.2, 0.25) is 0 Å². The van der Waals surface area contributed by atoms with Crippen LogP contribution >= 0.6 is 0 Å². The van der Waals surface area contributed by atoms with Crippen LogP contribution in [0.25, 0.3) is 16.7 Å². The van der Waals surface area contributed by atoms with Crippen LogP contribution in [0.15, 0.2) is 59.7 Å². The van der Waals surface area contributed by atoms with Gasteiger partial charge < -0.3 is 4.90 Å². The van der Waals surface area contributed by atoms with Crippen LogP contribution in [-0.2, 0) is 6.54 Å². The summed E-state index contributed by atoms with van der Waals surface area (Å²) in [6, 6.07) is 12.6. The second-order valence-corrected chi connectivity index (χ2v) is 7.52. The standard InChI is InChI=1S/C21H21N7O2/c29-19-7-6-18(27-11-3-10-22-27)25-28(19)14-15-8-12-26(13-9-15)21(30)20-16-4-1-2-5-17(16)23-24-20/h1-7,10-11,15H,8-9,12-14H2,(H,23,24). The average Bonchev–Trinajstić information content (AvgIpc) is 3.46. The van der Waals surface area contributed by atoms with E-state index in [1.54, 1.807) is 23.1 Å². The summed E-state index contributed by atoms with van der Waals surface area (Å²) in [5, 5.41) is 16.6. The monoisotopic (exact) mass is 403 g/mol. The fourth-order valence-corrected chi connectivity index (χ4v) is 3.93. The fourth-order valence-electron chi connectivity index (χ4n) is 3.93. The first-order valence-corrected chi connectivity index (χ1v) is 9.99. The highest BCUT2D eigenvalue weighted by molar-refractivity contribution is 6.04. The van der Waals surface area contributed by atoms with Crippen LogP contribution in [0, 0.1) is 5.92 Å². The van der Waals surface area contributed by atoms with E-state index in [4.69, 9.17) is 0 Å². The molecule has 152 valence electrons. The van der Waals surface area contributed by atoms with Crippen LogP contribution in [0.1, 0.15) is 23.3 Å². The van der Waals surface area contributed by atoms with Gasteiger partial charge >= 0.3 is 0 Å². The Morgan fingerprint density at radius 2 is 1.93 bits per heavy atom. The maximum absolute atomic E-state index is 12.9. The van der Waals surface area contributed by atoms with E-state index in [1.165, 1.54) is 10.7 Å². The van der Waals surface area contributed by atoms with Gasteiger partial charge in [-0.25, -0.2) is 9.36 Å². The molecule has 0 radical (unpaired) electrons. The maximum Gasteiger partial charge on any atom is 0.274 e. The number of piperidine rings is 1. The first-order chi connectivity index (χ1) is 14.7. The SMILES string of the molecule is O=C(c1n[nH]c2ccccc12)N1CCC(Cn2nc(-n3cccn3)ccc2=O)CC1. The summed E-state index contributed by atoms with van der Waals surface area (Å²) >= 11 is 0. The molecule has 1 N–H and O–H groups in total. The number of aromatic nitrogens is 6. The molecule has 9 nitrogen and oxygen atoms in total. The van der Waals surface area contributed by atoms with Crippen molar-refractivity contribution in [3.8, 4) is 5.82 Å². The lowest BCUT2D eigenvalue weighted by atomic mass is 9.96. The zero-order valence-electron chi connectivity index (χ0n) is 16.3. The van der Waals surface area contributed by atoms with Crippen molar-refractivity contribution in [3.05, 3.63) is 70.9 Å². The van der Waals surface area contributed by atoms with E-state index in [9.17, 15) is 9.59 Å². The molecule has 5 rings (SSSR count). The number of hydrogen-bond donors (Lipinski definition) is 1. The number of benzene rings is 1. The Hall–Kier alpha value is -3.75. The molecule has 0 atom stereocenters. The number of rotatable bonds is 4. The van der Waals surface area contributed by atoms with E-state index >= 15 is 0 Å². The number of carbonyl (C=O) groups excluding carboxylic acids is 1. The highest BCUT2D eigenvalue weighted by atomic mass is 16.2. The van der Waals surface area contributed by atoms with Gasteiger partial charge in [0.15, 0.2) is 11.5 Å². The fraction of sp³-hybridized carbons (Fsp3) is 0.286. The molecular weight excluding hydrogens is 382 g/mol. The second kappa shape index (κ2) is 7.58. The van der Waals surface area contributed by atoms with Gasteiger partial charge in [-0.3, -0.25) is 14.7 Å². The van der Waals surface area contributed by atoms with Crippen LogP contribution in [0.5, 0.6) is 0 Å². The first kappa shape index (κ1) is 18.3. The summed E-state index contributed by atoms with van der Waals surface area (Å²) in [6.07, 6.45) is 5.09. The molecule has 0 aliphatic carbocycles. The number of nitrogens with zero attached hydrogens (tertiary/aromatic N) is 6. The molecule has 3 aromatic heterocycles. The largest absolute Gasteiger partial charge is 0.337 e. The van der Waals surface area contributed by atoms with Crippen LogP contribution < -0.4 is 5.56 Å². The van der Waals surface area contributed by atoms with Crippen LogP contribution in [-0.4, -0.2) is 53.7 Å². The Bertz CT molecular complexity index is 1230. The second-order valence-electron chi connectivity index (χ2n) is 7.52. The van der Waals surface area contributed by atoms with Crippen molar-refractivity contribution in [2.24, 2.45) is 5.92 Å². The number of nitrogens with one attached hydrogen (secondary N) is 1. The van der Waals surface area contributed by atoms with Gasteiger partial charge in [0, 0.05) is 43.5 Å². The predicted octanol–water partition coefficient (Wildman–Crippen LogP) is 1.86. The summed E-state index contributed by atoms with van der Waals surface area (Å²) in [4.78, 5) is 27.0. The number of aromatic amines is 1. The zero-order chi connectivity index (χ0) is 20.5. The zero-order valence-corrected chi connectivity index (χ0v) is 16.3. The molecule has 0 unspecified atom stereocenters. The lowest BCUT2D eigenvalue weighted by Crippen LogP contribution is -2.40. The van der Waals surface area contributed by atoms with E-state index < -0.39 is 0 Å². The van der Waals surface area contributed by atoms with Crippen LogP contribution in [0.4, 0.5) is 0 Å². The molecule has 1 aliphatic heterocycles. The Kier molecular flexibility index (Phi) is 4.62. The molecule has 4 heterocycles. The van der Waals surface area contributed by atoms with Crippen molar-refractivity contribution in [1.82, 2.24) is 34.7 Å². The van der Waals surface area contributed by atoms with E-state index in [0.29, 0.717) is 31.1 Å². The number of fused-ring (bicyclic) bond motifs is 1. The molecule has 4 aromatic rings. The van der Waals surface area contributed by atoms with E-state index in [0.717, 1.165) is 23.7 Å². The molecular formula is C21H21N7O2. The molecule has 0 bridgehead atoms. The molecule has 1 aliphatic rings. The van der Waals surface area contributed by atoms with Crippen molar-refractivity contribution >= 4 is 16.8 Å².